The second-order valence-electron chi connectivity index (χ2n) is 5.17. The zero-order valence-corrected chi connectivity index (χ0v) is 13.9. The number of fused-ring (bicyclic) bond motifs is 1. The van der Waals surface area contributed by atoms with Gasteiger partial charge < -0.3 is 10.3 Å². The minimum Gasteiger partial charge on any atom is -0.333 e. The molecule has 1 aromatic heterocycles. The van der Waals surface area contributed by atoms with Crippen molar-refractivity contribution >= 4 is 11.0 Å². The Morgan fingerprint density at radius 3 is 2.45 bits per heavy atom. The van der Waals surface area contributed by atoms with Crippen molar-refractivity contribution in [3.63, 3.8) is 0 Å². The van der Waals surface area contributed by atoms with Gasteiger partial charge in [0.15, 0.2) is 0 Å². The summed E-state index contributed by atoms with van der Waals surface area (Å²) < 4.78 is 27.1. The summed E-state index contributed by atoms with van der Waals surface area (Å²) in [5.74, 6) is 1.47. The maximum atomic E-state index is 12.7. The molecule has 124 valence electrons. The molecule has 1 aliphatic rings. The predicted octanol–water partition coefficient (Wildman–Crippen LogP) is 4.16. The van der Waals surface area contributed by atoms with E-state index in [0.717, 1.165) is 28.8 Å². The van der Waals surface area contributed by atoms with Crippen molar-refractivity contribution in [2.45, 2.75) is 53.0 Å². The number of imidazole rings is 1. The molecule has 5 heteroatoms. The Morgan fingerprint density at radius 2 is 1.91 bits per heavy atom. The van der Waals surface area contributed by atoms with E-state index in [-0.39, 0.29) is 6.54 Å². The summed E-state index contributed by atoms with van der Waals surface area (Å²) in [4.78, 5) is 4.54. The van der Waals surface area contributed by atoms with Gasteiger partial charge in [-0.15, -0.1) is 0 Å². The number of nitrogens with two attached hydrogens (primary N) is 1. The summed E-state index contributed by atoms with van der Waals surface area (Å²) in [6, 6.07) is 5.82. The topological polar surface area (TPSA) is 43.8 Å². The second kappa shape index (κ2) is 8.83. The van der Waals surface area contributed by atoms with Crippen LogP contribution in [0.1, 0.15) is 38.1 Å². The Hall–Kier alpha value is -1.49. The number of hydrogen-bond donors (Lipinski definition) is 1. The standard InChI is InChI=1S/C14H16F2N2.C2H6.CH5N/c1-9-2-5-12-11(6-9)17-14(7-10-3-4-10)18(12)8-13(15)16;2*1-2/h2,5-6,10,13H,3-4,7-8H2,1H3;1-2H3;2H2,1H3. The van der Waals surface area contributed by atoms with Crippen molar-refractivity contribution in [2.24, 2.45) is 11.7 Å². The van der Waals surface area contributed by atoms with Crippen molar-refractivity contribution < 1.29 is 8.78 Å². The van der Waals surface area contributed by atoms with Crippen LogP contribution in [0, 0.1) is 12.8 Å². The molecule has 0 amide bonds. The molecule has 1 heterocycles. The SMILES string of the molecule is CC.CN.Cc1ccc2c(c1)nc(CC1CC1)n2CC(F)F. The van der Waals surface area contributed by atoms with Gasteiger partial charge in [0, 0.05) is 6.42 Å². The summed E-state index contributed by atoms with van der Waals surface area (Å²) in [5.41, 5.74) is 7.28. The third kappa shape index (κ3) is 4.77. The fourth-order valence-corrected chi connectivity index (χ4v) is 2.37. The molecule has 1 fully saturated rings. The van der Waals surface area contributed by atoms with Crippen molar-refractivity contribution in [3.05, 3.63) is 29.6 Å². The maximum absolute atomic E-state index is 12.7. The first-order chi connectivity index (χ1) is 10.6. The van der Waals surface area contributed by atoms with Gasteiger partial charge in [0.05, 0.1) is 17.6 Å². The normalized spacial score (nSPS) is 13.5. The summed E-state index contributed by atoms with van der Waals surface area (Å²) >= 11 is 0. The molecule has 2 N–H and O–H groups in total. The van der Waals surface area contributed by atoms with Gasteiger partial charge in [-0.05, 0) is 50.4 Å². The van der Waals surface area contributed by atoms with E-state index in [1.165, 1.54) is 19.9 Å². The van der Waals surface area contributed by atoms with E-state index < -0.39 is 6.43 Å². The summed E-state index contributed by atoms with van der Waals surface area (Å²) in [5, 5.41) is 0. The number of halogens is 2. The summed E-state index contributed by atoms with van der Waals surface area (Å²) in [6.45, 7) is 5.74. The maximum Gasteiger partial charge on any atom is 0.256 e. The van der Waals surface area contributed by atoms with Gasteiger partial charge in [-0.3, -0.25) is 0 Å². The zero-order chi connectivity index (χ0) is 16.7. The van der Waals surface area contributed by atoms with Gasteiger partial charge >= 0.3 is 0 Å². The minimum absolute atomic E-state index is 0.248. The van der Waals surface area contributed by atoms with E-state index in [9.17, 15) is 8.78 Å². The molecule has 3 nitrogen and oxygen atoms in total. The number of aryl methyl sites for hydroxylation is 1. The fraction of sp³-hybridized carbons (Fsp3) is 0.588. The molecular weight excluding hydrogens is 284 g/mol. The highest BCUT2D eigenvalue weighted by Crippen LogP contribution is 2.33. The lowest BCUT2D eigenvalue weighted by molar-refractivity contribution is 0.127. The molecule has 1 aliphatic carbocycles. The van der Waals surface area contributed by atoms with Crippen LogP contribution >= 0.6 is 0 Å². The molecule has 0 atom stereocenters. The van der Waals surface area contributed by atoms with Crippen molar-refractivity contribution in [2.75, 3.05) is 7.05 Å². The first kappa shape index (κ1) is 18.6. The zero-order valence-electron chi connectivity index (χ0n) is 13.9. The lowest BCUT2D eigenvalue weighted by Gasteiger charge is -2.08. The number of nitrogens with zero attached hydrogens (tertiary/aromatic N) is 2. The quantitative estimate of drug-likeness (QED) is 0.921. The number of rotatable bonds is 4. The molecule has 0 unspecified atom stereocenters. The van der Waals surface area contributed by atoms with Gasteiger partial charge in [-0.1, -0.05) is 19.9 Å². The highest BCUT2D eigenvalue weighted by atomic mass is 19.3. The molecule has 0 saturated heterocycles. The van der Waals surface area contributed by atoms with E-state index >= 15 is 0 Å². The van der Waals surface area contributed by atoms with Gasteiger partial charge in [0.25, 0.3) is 6.43 Å². The average molecular weight is 311 g/mol. The molecule has 0 aliphatic heterocycles. The third-order valence-corrected chi connectivity index (χ3v) is 3.47. The molecule has 3 rings (SSSR count). The van der Waals surface area contributed by atoms with E-state index in [1.807, 2.05) is 39.0 Å². The van der Waals surface area contributed by atoms with Crippen LogP contribution in [0.4, 0.5) is 8.78 Å². The minimum atomic E-state index is -2.33. The van der Waals surface area contributed by atoms with Crippen LogP contribution in [0.3, 0.4) is 0 Å². The monoisotopic (exact) mass is 311 g/mol. The molecule has 2 aromatic rings. The third-order valence-electron chi connectivity index (χ3n) is 3.47. The molecule has 1 saturated carbocycles. The van der Waals surface area contributed by atoms with E-state index in [2.05, 4.69) is 10.7 Å². The smallest absolute Gasteiger partial charge is 0.256 e. The van der Waals surface area contributed by atoms with Gasteiger partial charge in [0.2, 0.25) is 0 Å². The van der Waals surface area contributed by atoms with Crippen LogP contribution in [0.25, 0.3) is 11.0 Å². The largest absolute Gasteiger partial charge is 0.333 e. The Balaban J connectivity index is 0.000000561. The van der Waals surface area contributed by atoms with Crippen LogP contribution in [-0.4, -0.2) is 23.0 Å². The van der Waals surface area contributed by atoms with Crippen molar-refractivity contribution in [3.8, 4) is 0 Å². The van der Waals surface area contributed by atoms with Crippen LogP contribution in [-0.2, 0) is 13.0 Å². The highest BCUT2D eigenvalue weighted by molar-refractivity contribution is 5.76. The highest BCUT2D eigenvalue weighted by Gasteiger charge is 2.25. The Bertz CT molecular complexity index is 575. The van der Waals surface area contributed by atoms with Crippen LogP contribution in [0.2, 0.25) is 0 Å². The molecular formula is C17H27F2N3. The average Bonchev–Trinajstić information content (AvgIpc) is 3.27. The number of aromatic nitrogens is 2. The van der Waals surface area contributed by atoms with E-state index in [0.29, 0.717) is 5.92 Å². The molecule has 0 spiro atoms. The van der Waals surface area contributed by atoms with Crippen LogP contribution in [0.15, 0.2) is 18.2 Å². The van der Waals surface area contributed by atoms with Gasteiger partial charge in [-0.25, -0.2) is 13.8 Å². The van der Waals surface area contributed by atoms with Crippen LogP contribution < -0.4 is 5.73 Å². The van der Waals surface area contributed by atoms with Crippen molar-refractivity contribution in [1.29, 1.82) is 0 Å². The first-order valence-corrected chi connectivity index (χ1v) is 7.95. The molecule has 22 heavy (non-hydrogen) atoms. The van der Waals surface area contributed by atoms with E-state index in [4.69, 9.17) is 0 Å². The Kier molecular flexibility index (Phi) is 7.45. The van der Waals surface area contributed by atoms with Gasteiger partial charge in [0.1, 0.15) is 5.82 Å². The van der Waals surface area contributed by atoms with E-state index in [1.54, 1.807) is 4.57 Å². The van der Waals surface area contributed by atoms with Gasteiger partial charge in [-0.2, -0.15) is 0 Å². The summed E-state index contributed by atoms with van der Waals surface area (Å²) in [7, 11) is 1.50. The predicted molar refractivity (Wildman–Crippen MR) is 88.4 cm³/mol. The lowest BCUT2D eigenvalue weighted by atomic mass is 10.2. The summed E-state index contributed by atoms with van der Waals surface area (Å²) in [6.07, 6.45) is 0.913. The Morgan fingerprint density at radius 1 is 1.27 bits per heavy atom. The number of benzene rings is 1. The first-order valence-electron chi connectivity index (χ1n) is 7.95. The fourth-order valence-electron chi connectivity index (χ4n) is 2.37. The molecule has 0 radical (unpaired) electrons. The van der Waals surface area contributed by atoms with Crippen LogP contribution in [0.5, 0.6) is 0 Å². The molecule has 0 bridgehead atoms. The molecule has 1 aromatic carbocycles. The lowest BCUT2D eigenvalue weighted by Crippen LogP contribution is -2.10. The van der Waals surface area contributed by atoms with Crippen molar-refractivity contribution in [1.82, 2.24) is 9.55 Å². The second-order valence-corrected chi connectivity index (χ2v) is 5.17. The Labute approximate surface area is 131 Å². The number of hydrogen-bond acceptors (Lipinski definition) is 2. The number of alkyl halides is 2.